The fraction of sp³-hybridized carbons (Fsp3) is 0.471. The van der Waals surface area contributed by atoms with Gasteiger partial charge in [0.1, 0.15) is 5.82 Å². The van der Waals surface area contributed by atoms with E-state index in [1.165, 1.54) is 6.42 Å². The van der Waals surface area contributed by atoms with E-state index in [4.69, 9.17) is 11.6 Å². The topological polar surface area (TPSA) is 58.1 Å². The summed E-state index contributed by atoms with van der Waals surface area (Å²) in [5, 5.41) is 4.46. The quantitative estimate of drug-likeness (QED) is 0.939. The Morgan fingerprint density at radius 2 is 2.13 bits per heavy atom. The van der Waals surface area contributed by atoms with Gasteiger partial charge >= 0.3 is 0 Å². The minimum atomic E-state index is -0.0701. The van der Waals surface area contributed by atoms with Crippen molar-refractivity contribution in [1.29, 1.82) is 0 Å². The van der Waals surface area contributed by atoms with E-state index in [2.05, 4.69) is 27.1 Å². The molecule has 0 unspecified atom stereocenters. The SMILES string of the molecule is CC1CC(NC(=O)c2cnc3nc(N4CCC4)c(Cl)cc3c2)C1. The van der Waals surface area contributed by atoms with Crippen molar-refractivity contribution in [3.05, 3.63) is 28.9 Å². The average Bonchev–Trinajstić information content (AvgIpc) is 2.44. The first-order chi connectivity index (χ1) is 11.1. The highest BCUT2D eigenvalue weighted by molar-refractivity contribution is 6.33. The lowest BCUT2D eigenvalue weighted by atomic mass is 9.82. The number of nitrogens with zero attached hydrogens (tertiary/aromatic N) is 3. The summed E-state index contributed by atoms with van der Waals surface area (Å²) in [5.74, 6) is 1.43. The Bertz CT molecular complexity index is 769. The van der Waals surface area contributed by atoms with Crippen molar-refractivity contribution in [2.24, 2.45) is 5.92 Å². The number of halogens is 1. The molecule has 120 valence electrons. The van der Waals surface area contributed by atoms with Crippen molar-refractivity contribution >= 4 is 34.4 Å². The van der Waals surface area contributed by atoms with Crippen LogP contribution in [-0.4, -0.2) is 35.0 Å². The van der Waals surface area contributed by atoms with E-state index in [-0.39, 0.29) is 5.91 Å². The van der Waals surface area contributed by atoms with Crippen LogP contribution < -0.4 is 10.2 Å². The molecular weight excluding hydrogens is 312 g/mol. The summed E-state index contributed by atoms with van der Waals surface area (Å²) < 4.78 is 0. The van der Waals surface area contributed by atoms with Gasteiger partial charge in [-0.25, -0.2) is 9.97 Å². The molecule has 1 saturated carbocycles. The van der Waals surface area contributed by atoms with Crippen LogP contribution in [0.1, 0.15) is 36.5 Å². The number of amides is 1. The van der Waals surface area contributed by atoms with Gasteiger partial charge in [0.05, 0.1) is 10.6 Å². The van der Waals surface area contributed by atoms with Crippen molar-refractivity contribution in [2.75, 3.05) is 18.0 Å². The Hall–Kier alpha value is -1.88. The lowest BCUT2D eigenvalue weighted by Crippen LogP contribution is -2.43. The fourth-order valence-electron chi connectivity index (χ4n) is 3.19. The van der Waals surface area contributed by atoms with Crippen LogP contribution in [0.2, 0.25) is 5.02 Å². The predicted molar refractivity (Wildman–Crippen MR) is 91.0 cm³/mol. The zero-order chi connectivity index (χ0) is 16.0. The fourth-order valence-corrected chi connectivity index (χ4v) is 3.47. The van der Waals surface area contributed by atoms with Gasteiger partial charge in [-0.2, -0.15) is 0 Å². The molecule has 4 rings (SSSR count). The number of aromatic nitrogens is 2. The van der Waals surface area contributed by atoms with Crippen LogP contribution in [-0.2, 0) is 0 Å². The first-order valence-electron chi connectivity index (χ1n) is 8.12. The van der Waals surface area contributed by atoms with Gasteiger partial charge in [-0.15, -0.1) is 0 Å². The van der Waals surface area contributed by atoms with Crippen LogP contribution in [0.4, 0.5) is 5.82 Å². The van der Waals surface area contributed by atoms with Gasteiger partial charge in [-0.05, 0) is 37.3 Å². The minimum Gasteiger partial charge on any atom is -0.355 e. The number of pyridine rings is 2. The van der Waals surface area contributed by atoms with Gasteiger partial charge in [-0.1, -0.05) is 18.5 Å². The Kier molecular flexibility index (Phi) is 3.60. The number of nitrogens with one attached hydrogen (secondary N) is 1. The highest BCUT2D eigenvalue weighted by Crippen LogP contribution is 2.30. The third kappa shape index (κ3) is 2.74. The summed E-state index contributed by atoms with van der Waals surface area (Å²) in [5.41, 5.74) is 1.19. The third-order valence-electron chi connectivity index (χ3n) is 4.73. The molecule has 0 atom stereocenters. The van der Waals surface area contributed by atoms with E-state index in [1.807, 2.05) is 12.1 Å². The molecule has 1 aliphatic heterocycles. The van der Waals surface area contributed by atoms with E-state index >= 15 is 0 Å². The van der Waals surface area contributed by atoms with Gasteiger partial charge in [0.2, 0.25) is 0 Å². The number of fused-ring (bicyclic) bond motifs is 1. The zero-order valence-electron chi connectivity index (χ0n) is 13.1. The van der Waals surface area contributed by atoms with E-state index in [9.17, 15) is 4.79 Å². The summed E-state index contributed by atoms with van der Waals surface area (Å²) in [6, 6.07) is 3.97. The molecule has 1 saturated heterocycles. The molecule has 1 N–H and O–H groups in total. The Labute approximate surface area is 140 Å². The van der Waals surface area contributed by atoms with E-state index in [0.717, 1.165) is 37.1 Å². The molecule has 23 heavy (non-hydrogen) atoms. The van der Waals surface area contributed by atoms with Crippen LogP contribution in [0, 0.1) is 5.92 Å². The molecule has 2 aromatic heterocycles. The van der Waals surface area contributed by atoms with Crippen molar-refractivity contribution < 1.29 is 4.79 Å². The normalized spacial score (nSPS) is 23.3. The molecule has 0 aromatic carbocycles. The van der Waals surface area contributed by atoms with Crippen LogP contribution >= 0.6 is 11.6 Å². The first kappa shape index (κ1) is 14.7. The molecule has 2 aliphatic rings. The lowest BCUT2D eigenvalue weighted by molar-refractivity contribution is 0.0896. The second-order valence-electron chi connectivity index (χ2n) is 6.65. The van der Waals surface area contributed by atoms with Gasteiger partial charge in [0.25, 0.3) is 5.91 Å². The maximum absolute atomic E-state index is 12.3. The van der Waals surface area contributed by atoms with Crippen LogP contribution in [0.3, 0.4) is 0 Å². The monoisotopic (exact) mass is 330 g/mol. The summed E-state index contributed by atoms with van der Waals surface area (Å²) in [6.07, 6.45) is 4.88. The molecule has 0 spiro atoms. The molecule has 5 nitrogen and oxygen atoms in total. The zero-order valence-corrected chi connectivity index (χ0v) is 13.8. The van der Waals surface area contributed by atoms with Gasteiger partial charge in [-0.3, -0.25) is 4.79 Å². The van der Waals surface area contributed by atoms with E-state index in [0.29, 0.717) is 28.2 Å². The molecule has 3 heterocycles. The van der Waals surface area contributed by atoms with Gasteiger partial charge in [0, 0.05) is 30.7 Å². The third-order valence-corrected chi connectivity index (χ3v) is 5.01. The molecular formula is C17H19ClN4O. The summed E-state index contributed by atoms with van der Waals surface area (Å²) in [4.78, 5) is 23.3. The molecule has 2 aromatic rings. The Morgan fingerprint density at radius 3 is 2.78 bits per heavy atom. The van der Waals surface area contributed by atoms with Crippen molar-refractivity contribution in [2.45, 2.75) is 32.2 Å². The largest absolute Gasteiger partial charge is 0.355 e. The standard InChI is InChI=1S/C17H19ClN4O/c1-10-5-13(6-10)20-17(23)12-7-11-8-14(18)16(22-3-2-4-22)21-15(11)19-9-12/h7-10,13H,2-6H2,1H3,(H,20,23). The number of carbonyl (C=O) groups is 1. The molecule has 2 fully saturated rings. The van der Waals surface area contributed by atoms with Gasteiger partial charge in [0.15, 0.2) is 5.65 Å². The lowest BCUT2D eigenvalue weighted by Gasteiger charge is -2.33. The minimum absolute atomic E-state index is 0.0701. The van der Waals surface area contributed by atoms with Gasteiger partial charge < -0.3 is 10.2 Å². The highest BCUT2D eigenvalue weighted by Gasteiger charge is 2.27. The Morgan fingerprint density at radius 1 is 1.35 bits per heavy atom. The molecule has 1 amide bonds. The Balaban J connectivity index is 1.58. The average molecular weight is 331 g/mol. The maximum atomic E-state index is 12.3. The summed E-state index contributed by atoms with van der Waals surface area (Å²) >= 11 is 6.34. The molecule has 1 aliphatic carbocycles. The highest BCUT2D eigenvalue weighted by atomic mass is 35.5. The predicted octanol–water partition coefficient (Wildman–Crippen LogP) is 3.02. The van der Waals surface area contributed by atoms with Crippen molar-refractivity contribution in [3.63, 3.8) is 0 Å². The summed E-state index contributed by atoms with van der Waals surface area (Å²) in [6.45, 7) is 4.17. The van der Waals surface area contributed by atoms with Crippen molar-refractivity contribution in [1.82, 2.24) is 15.3 Å². The number of rotatable bonds is 3. The molecule has 0 bridgehead atoms. The molecule has 6 heteroatoms. The maximum Gasteiger partial charge on any atom is 0.253 e. The first-order valence-corrected chi connectivity index (χ1v) is 8.50. The van der Waals surface area contributed by atoms with Crippen LogP contribution in [0.25, 0.3) is 11.0 Å². The smallest absolute Gasteiger partial charge is 0.253 e. The number of hydrogen-bond acceptors (Lipinski definition) is 4. The van der Waals surface area contributed by atoms with E-state index in [1.54, 1.807) is 6.20 Å². The van der Waals surface area contributed by atoms with E-state index < -0.39 is 0 Å². The number of anilines is 1. The number of hydrogen-bond donors (Lipinski definition) is 1. The molecule has 0 radical (unpaired) electrons. The van der Waals surface area contributed by atoms with Crippen LogP contribution in [0.5, 0.6) is 0 Å². The second-order valence-corrected chi connectivity index (χ2v) is 7.06. The summed E-state index contributed by atoms with van der Waals surface area (Å²) in [7, 11) is 0. The van der Waals surface area contributed by atoms with Crippen LogP contribution in [0.15, 0.2) is 18.3 Å². The van der Waals surface area contributed by atoms with Crippen molar-refractivity contribution in [3.8, 4) is 0 Å². The number of carbonyl (C=O) groups excluding carboxylic acids is 1. The second kappa shape index (κ2) is 5.64.